The van der Waals surface area contributed by atoms with Gasteiger partial charge in [0, 0.05) is 36.7 Å². The van der Waals surface area contributed by atoms with Crippen LogP contribution in [0.25, 0.3) is 10.9 Å². The Morgan fingerprint density at radius 3 is 2.53 bits per heavy atom. The minimum atomic E-state index is -4.57. The number of nitrogens with zero attached hydrogens (tertiary/aromatic N) is 3. The van der Waals surface area contributed by atoms with Crippen molar-refractivity contribution < 1.29 is 56.1 Å². The molecule has 3 heterocycles. The number of ether oxygens (including phenoxy) is 3. The van der Waals surface area contributed by atoms with Gasteiger partial charge in [-0.05, 0) is 68.1 Å². The molecule has 20 heteroatoms. The van der Waals surface area contributed by atoms with E-state index in [0.717, 1.165) is 17.0 Å². The van der Waals surface area contributed by atoms with Crippen LogP contribution in [0.5, 0.6) is 11.5 Å². The Balaban J connectivity index is 0.915. The molecule has 4 aromatic rings. The number of fused-ring (bicyclic) bond motifs is 2. The second kappa shape index (κ2) is 16.4. The molecule has 1 atom stereocenters. The molecule has 1 unspecified atom stereocenters. The van der Waals surface area contributed by atoms with Gasteiger partial charge in [-0.1, -0.05) is 6.07 Å². The highest BCUT2D eigenvalue weighted by molar-refractivity contribution is 6.26. The molecular formula is C40H39F3N8O9. The quantitative estimate of drug-likeness (QED) is 0.0657. The summed E-state index contributed by atoms with van der Waals surface area (Å²) < 4.78 is 57.3. The van der Waals surface area contributed by atoms with Crippen molar-refractivity contribution >= 4 is 63.5 Å². The van der Waals surface area contributed by atoms with Crippen LogP contribution in [-0.4, -0.2) is 89.8 Å². The van der Waals surface area contributed by atoms with E-state index in [1.165, 1.54) is 31.4 Å². The zero-order valence-electron chi connectivity index (χ0n) is 32.3. The van der Waals surface area contributed by atoms with Crippen molar-refractivity contribution in [1.82, 2.24) is 25.5 Å². The molecule has 3 aromatic carbocycles. The van der Waals surface area contributed by atoms with E-state index in [1.54, 1.807) is 19.1 Å². The molecule has 60 heavy (non-hydrogen) atoms. The van der Waals surface area contributed by atoms with Crippen LogP contribution in [0.15, 0.2) is 48.5 Å². The SMILES string of the molecule is COc1cc2nc(C)nc(NCc3cc(N)cc(C(F)(F)F)c3)c2cc1OCC1(C(=O)NCCOCC(=O)Nc2cccc3c2C(=O)N(C2CCC(=O)NC2=O)C3=O)CC1. The fourth-order valence-electron chi connectivity index (χ4n) is 7.03. The van der Waals surface area contributed by atoms with Gasteiger partial charge in [0.1, 0.15) is 30.9 Å². The second-order valence-electron chi connectivity index (χ2n) is 14.6. The molecule has 2 aliphatic heterocycles. The lowest BCUT2D eigenvalue weighted by molar-refractivity contribution is -0.138. The molecule has 7 rings (SSSR count). The number of hydrogen-bond acceptors (Lipinski definition) is 13. The summed E-state index contributed by atoms with van der Waals surface area (Å²) in [5.74, 6) is -2.30. The number of rotatable bonds is 15. The van der Waals surface area contributed by atoms with E-state index in [9.17, 15) is 41.9 Å². The first kappa shape index (κ1) is 41.3. The second-order valence-corrected chi connectivity index (χ2v) is 14.6. The standard InChI is InChI=1S/C40H39F3N8O9/c1-20-47-27-16-29(58-2)30(15-25(27)34(48-20)46-17-21-12-22(40(41,42)43)14-23(44)13-21)60-19-39(8-9-39)38(57)45-10-11-59-18-32(53)49-26-5-3-4-24-33(26)37(56)51(36(24)55)28-6-7-31(52)50-35(28)54/h3-5,12-16,28H,6-11,17-19,44H2,1-2H3,(H,45,57)(H,49,53)(H,46,47,48)(H,50,52,54). The van der Waals surface area contributed by atoms with Crippen molar-refractivity contribution in [2.75, 3.05) is 49.8 Å². The van der Waals surface area contributed by atoms with Crippen LogP contribution >= 0.6 is 0 Å². The van der Waals surface area contributed by atoms with E-state index in [1.807, 2.05) is 0 Å². The topological polar surface area (TPSA) is 233 Å². The average Bonchev–Trinajstić information content (AvgIpc) is 3.95. The van der Waals surface area contributed by atoms with E-state index >= 15 is 0 Å². The summed E-state index contributed by atoms with van der Waals surface area (Å²) in [4.78, 5) is 86.1. The van der Waals surface area contributed by atoms with Gasteiger partial charge in [-0.3, -0.25) is 39.0 Å². The van der Waals surface area contributed by atoms with Gasteiger partial charge in [-0.2, -0.15) is 13.2 Å². The number of aryl methyl sites for hydroxylation is 1. The number of nitrogen functional groups attached to an aromatic ring is 1. The van der Waals surface area contributed by atoms with Crippen LogP contribution in [0.1, 0.15) is 63.4 Å². The van der Waals surface area contributed by atoms with E-state index < -0.39 is 59.3 Å². The maximum Gasteiger partial charge on any atom is 0.416 e. The number of benzene rings is 3. The number of nitrogens with one attached hydrogen (secondary N) is 4. The van der Waals surface area contributed by atoms with Crippen molar-refractivity contribution in [3.8, 4) is 11.5 Å². The summed E-state index contributed by atoms with van der Waals surface area (Å²) in [5.41, 5.74) is 4.76. The number of piperidine rings is 1. The van der Waals surface area contributed by atoms with E-state index in [4.69, 9.17) is 19.9 Å². The van der Waals surface area contributed by atoms with Gasteiger partial charge in [0.2, 0.25) is 23.6 Å². The van der Waals surface area contributed by atoms with Gasteiger partial charge in [0.05, 0.1) is 47.0 Å². The van der Waals surface area contributed by atoms with Gasteiger partial charge in [0.15, 0.2) is 11.5 Å². The molecule has 6 amide bonds. The van der Waals surface area contributed by atoms with E-state index in [0.29, 0.717) is 46.7 Å². The number of imide groups is 2. The number of hydrogen-bond donors (Lipinski definition) is 5. The Labute approximate surface area is 339 Å². The molecule has 1 aliphatic carbocycles. The minimum absolute atomic E-state index is 0.00723. The molecular weight excluding hydrogens is 793 g/mol. The summed E-state index contributed by atoms with van der Waals surface area (Å²) in [5, 5.41) is 11.1. The van der Waals surface area contributed by atoms with Crippen LogP contribution in [0, 0.1) is 12.3 Å². The van der Waals surface area contributed by atoms with Gasteiger partial charge >= 0.3 is 6.18 Å². The zero-order chi connectivity index (χ0) is 42.9. The normalized spacial score (nSPS) is 16.9. The molecule has 3 aliphatic rings. The van der Waals surface area contributed by atoms with E-state index in [-0.39, 0.29) is 73.3 Å². The van der Waals surface area contributed by atoms with Crippen molar-refractivity contribution in [3.63, 3.8) is 0 Å². The monoisotopic (exact) mass is 832 g/mol. The Hall–Kier alpha value is -6.83. The first-order valence-corrected chi connectivity index (χ1v) is 18.8. The van der Waals surface area contributed by atoms with Gasteiger partial charge in [-0.15, -0.1) is 0 Å². The van der Waals surface area contributed by atoms with Crippen molar-refractivity contribution in [3.05, 3.63) is 76.6 Å². The van der Waals surface area contributed by atoms with Crippen LogP contribution in [0.4, 0.5) is 30.4 Å². The number of halogens is 3. The Bertz CT molecular complexity index is 2440. The average molecular weight is 833 g/mol. The first-order valence-electron chi connectivity index (χ1n) is 18.8. The maximum atomic E-state index is 13.4. The Morgan fingerprint density at radius 1 is 1.03 bits per heavy atom. The Kier molecular flexibility index (Phi) is 11.3. The molecule has 1 aromatic heterocycles. The third kappa shape index (κ3) is 8.63. The lowest BCUT2D eigenvalue weighted by Crippen LogP contribution is -2.54. The van der Waals surface area contributed by atoms with Crippen molar-refractivity contribution in [2.24, 2.45) is 5.41 Å². The molecule has 2 fully saturated rings. The predicted molar refractivity (Wildman–Crippen MR) is 207 cm³/mol. The number of carbonyl (C=O) groups is 6. The summed E-state index contributed by atoms with van der Waals surface area (Å²) in [7, 11) is 1.45. The molecule has 314 valence electrons. The third-order valence-corrected chi connectivity index (χ3v) is 10.2. The van der Waals surface area contributed by atoms with Crippen molar-refractivity contribution in [2.45, 2.75) is 51.4 Å². The summed E-state index contributed by atoms with van der Waals surface area (Å²) in [6, 6.07) is 9.74. The number of amides is 6. The fraction of sp³-hybridized carbons (Fsp3) is 0.350. The fourth-order valence-corrected chi connectivity index (χ4v) is 7.03. The van der Waals surface area contributed by atoms with Crippen LogP contribution in [0.3, 0.4) is 0 Å². The zero-order valence-corrected chi connectivity index (χ0v) is 32.3. The predicted octanol–water partition coefficient (Wildman–Crippen LogP) is 3.49. The minimum Gasteiger partial charge on any atom is -0.493 e. The highest BCUT2D eigenvalue weighted by atomic mass is 19.4. The molecule has 17 nitrogen and oxygen atoms in total. The van der Waals surface area contributed by atoms with Crippen LogP contribution in [0.2, 0.25) is 0 Å². The maximum absolute atomic E-state index is 13.4. The van der Waals surface area contributed by atoms with Gasteiger partial charge in [0.25, 0.3) is 11.8 Å². The molecule has 0 radical (unpaired) electrons. The summed E-state index contributed by atoms with van der Waals surface area (Å²) >= 11 is 0. The largest absolute Gasteiger partial charge is 0.493 e. The highest BCUT2D eigenvalue weighted by Crippen LogP contribution is 2.47. The lowest BCUT2D eigenvalue weighted by Gasteiger charge is -2.27. The Morgan fingerprint density at radius 2 is 1.82 bits per heavy atom. The summed E-state index contributed by atoms with van der Waals surface area (Å²) in [6.45, 7) is 1.22. The van der Waals surface area contributed by atoms with E-state index in [2.05, 4.69) is 31.2 Å². The lowest BCUT2D eigenvalue weighted by atomic mass is 10.0. The summed E-state index contributed by atoms with van der Waals surface area (Å²) in [6.07, 6.45) is -3.54. The van der Waals surface area contributed by atoms with Gasteiger partial charge < -0.3 is 35.9 Å². The first-order chi connectivity index (χ1) is 28.6. The van der Waals surface area contributed by atoms with Crippen LogP contribution in [-0.2, 0) is 36.6 Å². The molecule has 6 N–H and O–H groups in total. The number of anilines is 3. The number of nitrogens with two attached hydrogens (primary N) is 1. The number of methoxy groups -OCH3 is 1. The highest BCUT2D eigenvalue weighted by Gasteiger charge is 2.51. The third-order valence-electron chi connectivity index (χ3n) is 10.2. The molecule has 0 spiro atoms. The molecule has 1 saturated heterocycles. The van der Waals surface area contributed by atoms with Crippen LogP contribution < -0.4 is 36.5 Å². The van der Waals surface area contributed by atoms with Crippen molar-refractivity contribution in [1.29, 1.82) is 0 Å². The number of carbonyl (C=O) groups excluding carboxylic acids is 6. The number of alkyl halides is 3. The van der Waals surface area contributed by atoms with Gasteiger partial charge in [-0.25, -0.2) is 9.97 Å². The molecule has 0 bridgehead atoms. The molecule has 1 saturated carbocycles. The smallest absolute Gasteiger partial charge is 0.416 e. The number of aromatic nitrogens is 2.